The summed E-state index contributed by atoms with van der Waals surface area (Å²) in [7, 11) is -3.82. The maximum absolute atomic E-state index is 13.8. The van der Waals surface area contributed by atoms with Crippen LogP contribution in [-0.2, 0) is 33.4 Å². The number of allylic oxidation sites excluding steroid dienone is 4. The highest BCUT2D eigenvalue weighted by molar-refractivity contribution is 7.86. The number of carbonyl (C=O) groups is 2. The van der Waals surface area contributed by atoms with E-state index in [9.17, 15) is 23.1 Å². The normalized spacial score (nSPS) is 46.4. The van der Waals surface area contributed by atoms with Crippen LogP contribution in [-0.4, -0.2) is 62.1 Å². The molecule has 0 spiro atoms. The van der Waals surface area contributed by atoms with E-state index < -0.39 is 57.4 Å². The van der Waals surface area contributed by atoms with Gasteiger partial charge in [0.25, 0.3) is 10.1 Å². The third kappa shape index (κ3) is 3.64. The lowest BCUT2D eigenvalue weighted by Gasteiger charge is -2.59. The number of Topliss-reactive ketones (excluding diaryl/α,β-unsaturated/α-hetero) is 1. The Morgan fingerprint density at radius 3 is 2.74 bits per heavy atom. The Hall–Kier alpha value is -1.39. The molecule has 4 aliphatic carbocycles. The van der Waals surface area contributed by atoms with E-state index in [4.69, 9.17) is 13.7 Å². The quantitative estimate of drug-likeness (QED) is 0.545. The molecule has 0 aromatic carbocycles. The number of aliphatic hydroxyl groups excluding tert-OH is 1. The van der Waals surface area contributed by atoms with Crippen molar-refractivity contribution >= 4 is 21.7 Å². The van der Waals surface area contributed by atoms with Crippen molar-refractivity contribution in [1.29, 1.82) is 0 Å². The number of hydrogen-bond acceptors (Lipinski definition) is 8. The van der Waals surface area contributed by atoms with Gasteiger partial charge in [-0.2, -0.15) is 8.42 Å². The van der Waals surface area contributed by atoms with Crippen LogP contribution in [0.1, 0.15) is 59.3 Å². The van der Waals surface area contributed by atoms with Crippen LogP contribution in [0, 0.1) is 28.6 Å². The van der Waals surface area contributed by atoms with Crippen molar-refractivity contribution < 1.29 is 36.8 Å². The van der Waals surface area contributed by atoms with Crippen LogP contribution in [0.2, 0.25) is 0 Å². The molecule has 5 aliphatic rings. The summed E-state index contributed by atoms with van der Waals surface area (Å²) in [4.78, 5) is 25.8. The molecule has 8 nitrogen and oxygen atoms in total. The Labute approximate surface area is 207 Å². The molecular formula is C26H36O8S. The zero-order valence-corrected chi connectivity index (χ0v) is 21.7. The first-order valence-electron chi connectivity index (χ1n) is 12.7. The molecule has 1 heterocycles. The van der Waals surface area contributed by atoms with E-state index in [-0.39, 0.29) is 23.5 Å². The van der Waals surface area contributed by atoms with Gasteiger partial charge in [-0.05, 0) is 56.1 Å². The molecule has 0 radical (unpaired) electrons. The number of carbonyl (C=O) groups excluding carboxylic acids is 2. The SMILES string of the molecule is CCC[C@@H]1O[C@H]2C[C@@H]3[C@H]4CCC5=CC(=O)C=C[C@]5(C)[C@@H]4[C@@H](O)C[C@]3(C)[C@@]2(C(=O)COS(C)(=O)=O)O1. The van der Waals surface area contributed by atoms with Gasteiger partial charge in [-0.15, -0.1) is 0 Å². The summed E-state index contributed by atoms with van der Waals surface area (Å²) in [6.07, 6.45) is 8.33. The summed E-state index contributed by atoms with van der Waals surface area (Å²) in [5.74, 6) is -0.398. The van der Waals surface area contributed by atoms with E-state index in [1.54, 1.807) is 12.2 Å². The van der Waals surface area contributed by atoms with E-state index in [1.165, 1.54) is 0 Å². The highest BCUT2D eigenvalue weighted by atomic mass is 32.2. The van der Waals surface area contributed by atoms with Crippen molar-refractivity contribution in [2.75, 3.05) is 12.9 Å². The van der Waals surface area contributed by atoms with Gasteiger partial charge in [0.15, 0.2) is 23.5 Å². The maximum atomic E-state index is 13.8. The van der Waals surface area contributed by atoms with Gasteiger partial charge in [-0.1, -0.05) is 38.8 Å². The Morgan fingerprint density at radius 1 is 1.31 bits per heavy atom. The smallest absolute Gasteiger partial charge is 0.264 e. The van der Waals surface area contributed by atoms with Crippen molar-refractivity contribution in [3.63, 3.8) is 0 Å². The molecule has 9 heteroatoms. The molecule has 5 rings (SSSR count). The van der Waals surface area contributed by atoms with Gasteiger partial charge in [-0.25, -0.2) is 0 Å². The molecule has 4 fully saturated rings. The molecule has 0 amide bonds. The highest BCUT2D eigenvalue weighted by Gasteiger charge is 2.75. The first-order chi connectivity index (χ1) is 16.4. The minimum Gasteiger partial charge on any atom is -0.393 e. The lowest BCUT2D eigenvalue weighted by atomic mass is 9.46. The Kier molecular flexibility index (Phi) is 6.00. The number of aliphatic hydroxyl groups is 1. The van der Waals surface area contributed by atoms with Gasteiger partial charge in [0.1, 0.15) is 6.61 Å². The van der Waals surface area contributed by atoms with Crippen LogP contribution in [0.15, 0.2) is 23.8 Å². The van der Waals surface area contributed by atoms with Crippen molar-refractivity contribution in [3.05, 3.63) is 23.8 Å². The molecule has 0 unspecified atom stereocenters. The second kappa shape index (κ2) is 8.31. The lowest BCUT2D eigenvalue weighted by molar-refractivity contribution is -0.200. The second-order valence-corrected chi connectivity index (χ2v) is 13.2. The third-order valence-electron chi connectivity index (χ3n) is 9.63. The number of ether oxygens (including phenoxy) is 2. The van der Waals surface area contributed by atoms with Crippen molar-refractivity contribution in [2.45, 2.75) is 83.4 Å². The summed E-state index contributed by atoms with van der Waals surface area (Å²) in [6.45, 7) is 5.50. The van der Waals surface area contributed by atoms with Crippen LogP contribution < -0.4 is 0 Å². The second-order valence-electron chi connectivity index (χ2n) is 11.5. The first-order valence-corrected chi connectivity index (χ1v) is 14.5. The minimum atomic E-state index is -3.82. The molecular weight excluding hydrogens is 472 g/mol. The molecule has 1 N–H and O–H groups in total. The van der Waals surface area contributed by atoms with Gasteiger partial charge in [0.05, 0.1) is 18.5 Å². The molecule has 1 saturated heterocycles. The lowest BCUT2D eigenvalue weighted by Crippen LogP contribution is -2.63. The van der Waals surface area contributed by atoms with Gasteiger partial charge in [-0.3, -0.25) is 13.8 Å². The predicted octanol–water partition coefficient (Wildman–Crippen LogP) is 2.70. The zero-order chi connectivity index (χ0) is 25.4. The van der Waals surface area contributed by atoms with E-state index in [0.717, 1.165) is 31.1 Å². The van der Waals surface area contributed by atoms with Crippen LogP contribution in [0.5, 0.6) is 0 Å². The predicted molar refractivity (Wildman–Crippen MR) is 127 cm³/mol. The largest absolute Gasteiger partial charge is 0.393 e. The van der Waals surface area contributed by atoms with E-state index in [1.807, 2.05) is 19.9 Å². The number of rotatable bonds is 6. The summed E-state index contributed by atoms with van der Waals surface area (Å²) in [6, 6.07) is 0. The Morgan fingerprint density at radius 2 is 2.06 bits per heavy atom. The fraction of sp³-hybridized carbons (Fsp3) is 0.769. The maximum Gasteiger partial charge on any atom is 0.264 e. The number of hydrogen-bond donors (Lipinski definition) is 1. The van der Waals surface area contributed by atoms with Crippen molar-refractivity contribution in [1.82, 2.24) is 0 Å². The third-order valence-corrected chi connectivity index (χ3v) is 10.2. The monoisotopic (exact) mass is 508 g/mol. The summed E-state index contributed by atoms with van der Waals surface area (Å²) in [5, 5.41) is 11.7. The first kappa shape index (κ1) is 25.3. The fourth-order valence-electron chi connectivity index (χ4n) is 8.27. The topological polar surface area (TPSA) is 116 Å². The molecule has 1 aliphatic heterocycles. The molecule has 0 aromatic heterocycles. The summed E-state index contributed by atoms with van der Waals surface area (Å²) in [5.41, 5.74) is -1.47. The van der Waals surface area contributed by atoms with Gasteiger partial charge in [0.2, 0.25) is 0 Å². The van der Waals surface area contributed by atoms with E-state index >= 15 is 0 Å². The average Bonchev–Trinajstić information content (AvgIpc) is 3.24. The van der Waals surface area contributed by atoms with Crippen molar-refractivity contribution in [2.24, 2.45) is 28.6 Å². The highest BCUT2D eigenvalue weighted by Crippen LogP contribution is 2.69. The van der Waals surface area contributed by atoms with Gasteiger partial charge < -0.3 is 14.6 Å². The van der Waals surface area contributed by atoms with E-state index in [0.29, 0.717) is 19.3 Å². The van der Waals surface area contributed by atoms with Gasteiger partial charge >= 0.3 is 0 Å². The van der Waals surface area contributed by atoms with Crippen LogP contribution in [0.3, 0.4) is 0 Å². The molecule has 9 atom stereocenters. The summed E-state index contributed by atoms with van der Waals surface area (Å²) < 4.78 is 41.1. The Bertz CT molecular complexity index is 1090. The molecule has 35 heavy (non-hydrogen) atoms. The molecule has 0 aromatic rings. The van der Waals surface area contributed by atoms with Crippen LogP contribution >= 0.6 is 0 Å². The number of fused-ring (bicyclic) bond motifs is 7. The average molecular weight is 509 g/mol. The van der Waals surface area contributed by atoms with Crippen LogP contribution in [0.25, 0.3) is 0 Å². The Balaban J connectivity index is 1.53. The molecule has 0 bridgehead atoms. The van der Waals surface area contributed by atoms with Crippen LogP contribution in [0.4, 0.5) is 0 Å². The summed E-state index contributed by atoms with van der Waals surface area (Å²) >= 11 is 0. The van der Waals surface area contributed by atoms with E-state index in [2.05, 4.69) is 6.92 Å². The van der Waals surface area contributed by atoms with Crippen molar-refractivity contribution in [3.8, 4) is 0 Å². The zero-order valence-electron chi connectivity index (χ0n) is 20.9. The fourth-order valence-corrected chi connectivity index (χ4v) is 8.59. The number of ketones is 2. The molecule has 194 valence electrons. The minimum absolute atomic E-state index is 0.0133. The standard InChI is InChI=1S/C26H36O8S/c1-5-6-22-33-21-12-18-17-8-7-15-11-16(27)9-10-24(15,2)23(17)19(28)13-25(18,3)26(21,34-22)20(29)14-32-35(4,30)31/h9-11,17-19,21-23,28H,5-8,12-14H2,1-4H3/t17-,18-,19+,21+,22-,23+,24+,25+,26+/m1/s1. The van der Waals surface area contributed by atoms with Gasteiger partial charge in [0, 0.05) is 16.7 Å². The molecule has 3 saturated carbocycles.